The topological polar surface area (TPSA) is 191 Å². The molecule has 29 heavy (non-hydrogen) atoms. The lowest BCUT2D eigenvalue weighted by Gasteiger charge is -2.07. The molecule has 3 N–H and O–H groups in total. The Hall–Kier alpha value is -2.69. The van der Waals surface area contributed by atoms with Crippen molar-refractivity contribution >= 4 is 43.3 Å². The van der Waals surface area contributed by atoms with Gasteiger partial charge >= 0.3 is 31.2 Å². The van der Waals surface area contributed by atoms with E-state index in [2.05, 4.69) is 12.5 Å². The number of benzene rings is 2. The molecule has 0 bridgehead atoms. The Kier molecular flexibility index (Phi) is 6.51. The minimum Gasteiger partial charge on any atom is -0.362 e. The van der Waals surface area contributed by atoms with E-state index in [-0.39, 0.29) is 11.3 Å². The van der Waals surface area contributed by atoms with Crippen molar-refractivity contribution in [3.05, 3.63) is 53.6 Å². The molecule has 0 aliphatic rings. The molecule has 0 aliphatic carbocycles. The number of hydrogen-bond donors (Lipinski definition) is 3. The van der Waals surface area contributed by atoms with E-state index in [4.69, 9.17) is 13.7 Å². The van der Waals surface area contributed by atoms with Crippen molar-refractivity contribution in [1.29, 1.82) is 0 Å². The second kappa shape index (κ2) is 8.36. The molecule has 0 saturated heterocycles. The molecule has 2 aromatic carbocycles. The first-order valence-electron chi connectivity index (χ1n) is 7.12. The Bertz CT molecular complexity index is 1170. The largest absolute Gasteiger partial charge is 0.446 e. The lowest BCUT2D eigenvalue weighted by atomic mass is 10.1. The summed E-state index contributed by atoms with van der Waals surface area (Å²) in [5.74, 6) is -1.17. The first-order valence-corrected chi connectivity index (χ1v) is 11.2. The summed E-state index contributed by atoms with van der Waals surface area (Å²) < 4.78 is 104. The van der Waals surface area contributed by atoms with E-state index in [0.717, 1.165) is 18.2 Å². The molecule has 2 rings (SSSR count). The van der Waals surface area contributed by atoms with E-state index >= 15 is 0 Å². The van der Waals surface area contributed by atoms with Gasteiger partial charge in [0.05, 0.1) is 0 Å². The zero-order chi connectivity index (χ0) is 21.9. The maximum atomic E-state index is 10.9. The molecule has 15 heteroatoms. The summed E-state index contributed by atoms with van der Waals surface area (Å²) in [5.41, 5.74) is 0.633. The van der Waals surface area contributed by atoms with Crippen LogP contribution < -0.4 is 12.5 Å². The van der Waals surface area contributed by atoms with Gasteiger partial charge in [0, 0.05) is 6.07 Å². The average molecular weight is 468 g/mol. The Balaban J connectivity index is 2.32. The van der Waals surface area contributed by atoms with Crippen LogP contribution in [0, 0.1) is 0 Å². The summed E-state index contributed by atoms with van der Waals surface area (Å²) in [7, 11) is -14.5. The summed E-state index contributed by atoms with van der Waals surface area (Å²) in [6, 6.07) is 8.29. The van der Waals surface area contributed by atoms with Gasteiger partial charge in [0.15, 0.2) is 0 Å². The first-order chi connectivity index (χ1) is 13.2. The second-order valence-electron chi connectivity index (χ2n) is 5.17. The van der Waals surface area contributed by atoms with E-state index in [1.54, 1.807) is 0 Å². The van der Waals surface area contributed by atoms with Crippen LogP contribution in [0.1, 0.15) is 11.1 Å². The molecule has 0 atom stereocenters. The van der Waals surface area contributed by atoms with Gasteiger partial charge in [0.2, 0.25) is 0 Å². The molecular weight excluding hydrogens is 456 g/mol. The highest BCUT2D eigenvalue weighted by molar-refractivity contribution is 7.81. The molecule has 0 aliphatic heterocycles. The van der Waals surface area contributed by atoms with Gasteiger partial charge in [-0.05, 0) is 35.4 Å². The Morgan fingerprint density at radius 3 is 1.34 bits per heavy atom. The lowest BCUT2D eigenvalue weighted by Crippen LogP contribution is -2.09. The molecule has 0 aromatic heterocycles. The van der Waals surface area contributed by atoms with E-state index in [1.165, 1.54) is 36.4 Å². The molecule has 0 spiro atoms. The van der Waals surface area contributed by atoms with Crippen LogP contribution in [0.5, 0.6) is 17.2 Å². The van der Waals surface area contributed by atoms with Crippen molar-refractivity contribution < 1.29 is 51.5 Å². The van der Waals surface area contributed by atoms with Crippen molar-refractivity contribution in [2.75, 3.05) is 0 Å². The van der Waals surface area contributed by atoms with Gasteiger partial charge in [-0.3, -0.25) is 13.7 Å². The highest BCUT2D eigenvalue weighted by atomic mass is 32.3. The Morgan fingerprint density at radius 2 is 0.931 bits per heavy atom. The molecule has 2 aromatic rings. The predicted octanol–water partition coefficient (Wildman–Crippen LogP) is 1.40. The molecule has 0 fully saturated rings. The maximum Gasteiger partial charge on any atom is 0.446 e. The third kappa shape index (κ3) is 8.90. The average Bonchev–Trinajstić information content (AvgIpc) is 2.49. The number of hydrogen-bond acceptors (Lipinski definition) is 9. The van der Waals surface area contributed by atoms with E-state index in [9.17, 15) is 25.3 Å². The summed E-state index contributed by atoms with van der Waals surface area (Å²) in [5, 5.41) is 0. The fourth-order valence-corrected chi connectivity index (χ4v) is 3.01. The molecular formula is C14H12O12S3. The van der Waals surface area contributed by atoms with Crippen molar-refractivity contribution in [1.82, 2.24) is 0 Å². The maximum absolute atomic E-state index is 10.9. The monoisotopic (exact) mass is 468 g/mol. The summed E-state index contributed by atoms with van der Waals surface area (Å²) in [4.78, 5) is 0. The van der Waals surface area contributed by atoms with Crippen LogP contribution >= 0.6 is 0 Å². The molecule has 0 radical (unpaired) electrons. The predicted molar refractivity (Wildman–Crippen MR) is 98.3 cm³/mol. The first kappa shape index (κ1) is 22.6. The van der Waals surface area contributed by atoms with E-state index in [1.807, 2.05) is 0 Å². The van der Waals surface area contributed by atoms with E-state index in [0.29, 0.717) is 5.56 Å². The molecule has 0 unspecified atom stereocenters. The fourth-order valence-electron chi connectivity index (χ4n) is 1.98. The minimum atomic E-state index is -4.92. The molecule has 0 heterocycles. The summed E-state index contributed by atoms with van der Waals surface area (Å²) in [6.07, 6.45) is 2.80. The van der Waals surface area contributed by atoms with Gasteiger partial charge in [0.1, 0.15) is 17.2 Å². The highest BCUT2D eigenvalue weighted by Gasteiger charge is 2.13. The molecule has 0 amide bonds. The van der Waals surface area contributed by atoms with Crippen molar-refractivity contribution in [2.24, 2.45) is 0 Å². The van der Waals surface area contributed by atoms with Crippen molar-refractivity contribution in [3.63, 3.8) is 0 Å². The molecule has 158 valence electrons. The van der Waals surface area contributed by atoms with Crippen LogP contribution in [0.25, 0.3) is 12.2 Å². The molecule has 12 nitrogen and oxygen atoms in total. The van der Waals surface area contributed by atoms with Crippen molar-refractivity contribution in [2.45, 2.75) is 0 Å². The van der Waals surface area contributed by atoms with E-state index < -0.39 is 42.7 Å². The zero-order valence-electron chi connectivity index (χ0n) is 13.9. The Labute approximate surface area is 165 Å². The second-order valence-corrected chi connectivity index (χ2v) is 8.24. The third-order valence-electron chi connectivity index (χ3n) is 2.86. The zero-order valence-corrected chi connectivity index (χ0v) is 16.4. The fraction of sp³-hybridized carbons (Fsp3) is 0. The van der Waals surface area contributed by atoms with Crippen molar-refractivity contribution in [3.8, 4) is 17.2 Å². The third-order valence-corrected chi connectivity index (χ3v) is 4.06. The van der Waals surface area contributed by atoms with Gasteiger partial charge in [0.25, 0.3) is 0 Å². The van der Waals surface area contributed by atoms with Gasteiger partial charge in [-0.2, -0.15) is 25.3 Å². The minimum absolute atomic E-state index is 0.142. The highest BCUT2D eigenvalue weighted by Crippen LogP contribution is 2.26. The lowest BCUT2D eigenvalue weighted by molar-refractivity contribution is 0.380. The van der Waals surface area contributed by atoms with Crippen LogP contribution in [-0.4, -0.2) is 38.9 Å². The molecule has 0 saturated carbocycles. The summed E-state index contributed by atoms with van der Waals surface area (Å²) >= 11 is 0. The van der Waals surface area contributed by atoms with Gasteiger partial charge in [-0.1, -0.05) is 24.3 Å². The smallest absolute Gasteiger partial charge is 0.362 e. The van der Waals surface area contributed by atoms with Crippen LogP contribution in [-0.2, 0) is 31.2 Å². The normalized spacial score (nSPS) is 12.7. The van der Waals surface area contributed by atoms with Crippen LogP contribution in [0.15, 0.2) is 42.5 Å². The summed E-state index contributed by atoms with van der Waals surface area (Å²) in [6.45, 7) is 0. The SMILES string of the molecule is O=S(=O)(O)Oc1ccc(/C=C\c2cc(OS(=O)(=O)O)cc(OS(=O)(=O)O)c2)cc1. The van der Waals surface area contributed by atoms with Crippen LogP contribution in [0.3, 0.4) is 0 Å². The number of rotatable bonds is 8. The van der Waals surface area contributed by atoms with Crippen LogP contribution in [0.2, 0.25) is 0 Å². The Morgan fingerprint density at radius 1 is 0.552 bits per heavy atom. The van der Waals surface area contributed by atoms with Crippen LogP contribution in [0.4, 0.5) is 0 Å². The quantitative estimate of drug-likeness (QED) is 0.373. The standard InChI is InChI=1S/C14H12O12S3/c15-27(16,17)24-12-5-3-10(4-6-12)1-2-11-7-13(25-28(18,19)20)9-14(8-11)26-29(21,22)23/h1-9H,(H,15,16,17)(H,18,19,20)(H,21,22,23)/b2-1-. The van der Waals surface area contributed by atoms with Gasteiger partial charge in [-0.25, -0.2) is 0 Å². The van der Waals surface area contributed by atoms with Gasteiger partial charge < -0.3 is 12.5 Å². The van der Waals surface area contributed by atoms with Gasteiger partial charge in [-0.15, -0.1) is 0 Å².